The standard InChI is InChI=1S/C23H19F3N6OS/c1-31(2)17-10-8-15(9-11-17)13-27-29-21(33)18-14-34-22(28-18)32-19(16-6-4-3-5-7-16)12-20(30-32)23(24,25)26/h3-14H,1-2H3,(H,29,33)/b27-13+. The summed E-state index contributed by atoms with van der Waals surface area (Å²) in [6.45, 7) is 0. The maximum atomic E-state index is 13.3. The molecule has 4 aromatic rings. The molecule has 2 heterocycles. The quantitative estimate of drug-likeness (QED) is 0.314. The van der Waals surface area contributed by atoms with Gasteiger partial charge in [0.15, 0.2) is 5.69 Å². The molecule has 0 fully saturated rings. The van der Waals surface area contributed by atoms with Gasteiger partial charge in [-0.3, -0.25) is 4.79 Å². The lowest BCUT2D eigenvalue weighted by molar-refractivity contribution is -0.141. The van der Waals surface area contributed by atoms with E-state index in [4.69, 9.17) is 0 Å². The van der Waals surface area contributed by atoms with Crippen LogP contribution in [-0.4, -0.2) is 41.0 Å². The van der Waals surface area contributed by atoms with Gasteiger partial charge >= 0.3 is 6.18 Å². The van der Waals surface area contributed by atoms with Crippen LogP contribution in [0.5, 0.6) is 0 Å². The van der Waals surface area contributed by atoms with Gasteiger partial charge in [0.25, 0.3) is 5.91 Å². The molecule has 4 rings (SSSR count). The van der Waals surface area contributed by atoms with Gasteiger partial charge in [-0.2, -0.15) is 23.4 Å². The summed E-state index contributed by atoms with van der Waals surface area (Å²) in [5.41, 5.74) is 3.92. The molecule has 0 aliphatic carbocycles. The van der Waals surface area contributed by atoms with E-state index in [1.165, 1.54) is 11.6 Å². The average molecular weight is 485 g/mol. The monoisotopic (exact) mass is 484 g/mol. The number of nitrogens with one attached hydrogen (secondary N) is 1. The first-order valence-corrected chi connectivity index (χ1v) is 10.9. The summed E-state index contributed by atoms with van der Waals surface area (Å²) in [6, 6.07) is 17.0. The van der Waals surface area contributed by atoms with E-state index in [2.05, 4.69) is 20.6 Å². The minimum atomic E-state index is -4.62. The molecule has 11 heteroatoms. The summed E-state index contributed by atoms with van der Waals surface area (Å²) < 4.78 is 41.0. The number of aromatic nitrogens is 3. The topological polar surface area (TPSA) is 75.4 Å². The minimum Gasteiger partial charge on any atom is -0.378 e. The molecule has 0 aliphatic heterocycles. The van der Waals surface area contributed by atoms with Crippen molar-refractivity contribution in [2.45, 2.75) is 6.18 Å². The number of thiazole rings is 1. The lowest BCUT2D eigenvalue weighted by Crippen LogP contribution is -2.18. The Kier molecular flexibility index (Phi) is 6.46. The number of alkyl halides is 3. The molecule has 0 aliphatic rings. The van der Waals surface area contributed by atoms with Gasteiger partial charge in [-0.15, -0.1) is 11.3 Å². The van der Waals surface area contributed by atoms with Crippen molar-refractivity contribution in [1.82, 2.24) is 20.2 Å². The largest absolute Gasteiger partial charge is 0.435 e. The Morgan fingerprint density at radius 1 is 1.12 bits per heavy atom. The fourth-order valence-corrected chi connectivity index (χ4v) is 3.79. The summed E-state index contributed by atoms with van der Waals surface area (Å²) in [6.07, 6.45) is -3.13. The summed E-state index contributed by atoms with van der Waals surface area (Å²) in [5.74, 6) is -0.590. The van der Waals surface area contributed by atoms with Crippen molar-refractivity contribution in [1.29, 1.82) is 0 Å². The molecule has 0 saturated heterocycles. The Hall–Kier alpha value is -3.99. The molecule has 34 heavy (non-hydrogen) atoms. The fraction of sp³-hybridized carbons (Fsp3) is 0.130. The molecule has 0 spiro atoms. The Morgan fingerprint density at radius 3 is 2.47 bits per heavy atom. The van der Waals surface area contributed by atoms with Crippen molar-refractivity contribution in [2.75, 3.05) is 19.0 Å². The Balaban J connectivity index is 1.54. The van der Waals surface area contributed by atoms with Gasteiger partial charge in [-0.25, -0.2) is 15.1 Å². The Labute approximate surface area is 197 Å². The second-order valence-electron chi connectivity index (χ2n) is 7.39. The number of amides is 1. The number of anilines is 1. The number of hydrazone groups is 1. The van der Waals surface area contributed by atoms with Crippen LogP contribution >= 0.6 is 11.3 Å². The fourth-order valence-electron chi connectivity index (χ4n) is 3.03. The van der Waals surface area contributed by atoms with Gasteiger partial charge < -0.3 is 4.90 Å². The van der Waals surface area contributed by atoms with Crippen molar-refractivity contribution in [3.05, 3.63) is 83.0 Å². The van der Waals surface area contributed by atoms with Crippen molar-refractivity contribution in [2.24, 2.45) is 5.10 Å². The van der Waals surface area contributed by atoms with Crippen LogP contribution in [0.2, 0.25) is 0 Å². The lowest BCUT2D eigenvalue weighted by Gasteiger charge is -2.11. The van der Waals surface area contributed by atoms with Crippen LogP contribution in [0.25, 0.3) is 16.4 Å². The number of nitrogens with zero attached hydrogens (tertiary/aromatic N) is 5. The van der Waals surface area contributed by atoms with Crippen LogP contribution in [0.3, 0.4) is 0 Å². The molecule has 2 aromatic carbocycles. The number of hydrogen-bond acceptors (Lipinski definition) is 6. The van der Waals surface area contributed by atoms with Crippen molar-refractivity contribution < 1.29 is 18.0 Å². The third-order valence-corrected chi connectivity index (χ3v) is 5.58. The summed E-state index contributed by atoms with van der Waals surface area (Å²) in [4.78, 5) is 18.6. The van der Waals surface area contributed by atoms with E-state index < -0.39 is 17.8 Å². The number of benzene rings is 2. The number of carbonyl (C=O) groups is 1. The number of hydrogen-bond donors (Lipinski definition) is 1. The third-order valence-electron chi connectivity index (χ3n) is 4.76. The SMILES string of the molecule is CN(C)c1ccc(/C=N/NC(=O)c2csc(-n3nc(C(F)(F)F)cc3-c3ccccc3)n2)cc1. The Bertz CT molecular complexity index is 1310. The highest BCUT2D eigenvalue weighted by Gasteiger charge is 2.35. The highest BCUT2D eigenvalue weighted by atomic mass is 32.1. The van der Waals surface area contributed by atoms with Crippen molar-refractivity contribution in [3.8, 4) is 16.4 Å². The molecule has 1 amide bonds. The van der Waals surface area contributed by atoms with E-state index in [1.807, 2.05) is 43.3 Å². The highest BCUT2D eigenvalue weighted by molar-refractivity contribution is 7.12. The molecule has 1 N–H and O–H groups in total. The van der Waals surface area contributed by atoms with Gasteiger partial charge in [-0.1, -0.05) is 42.5 Å². The summed E-state index contributed by atoms with van der Waals surface area (Å²) in [7, 11) is 3.86. The van der Waals surface area contributed by atoms with Crippen LogP contribution in [-0.2, 0) is 6.18 Å². The first-order chi connectivity index (χ1) is 16.2. The van der Waals surface area contributed by atoms with E-state index in [0.29, 0.717) is 5.56 Å². The van der Waals surface area contributed by atoms with Crippen LogP contribution in [0.4, 0.5) is 18.9 Å². The predicted octanol–water partition coefficient (Wildman–Crippen LogP) is 4.84. The number of rotatable bonds is 6. The van der Waals surface area contributed by atoms with E-state index in [9.17, 15) is 18.0 Å². The summed E-state index contributed by atoms with van der Waals surface area (Å²) >= 11 is 1.00. The normalized spacial score (nSPS) is 11.7. The molecule has 0 unspecified atom stereocenters. The molecule has 0 atom stereocenters. The zero-order valence-corrected chi connectivity index (χ0v) is 18.9. The van der Waals surface area contributed by atoms with Gasteiger partial charge in [0.05, 0.1) is 11.9 Å². The van der Waals surface area contributed by atoms with E-state index >= 15 is 0 Å². The lowest BCUT2D eigenvalue weighted by atomic mass is 10.1. The zero-order valence-electron chi connectivity index (χ0n) is 18.1. The smallest absolute Gasteiger partial charge is 0.378 e. The second-order valence-corrected chi connectivity index (χ2v) is 8.23. The second kappa shape index (κ2) is 9.48. The molecule has 174 valence electrons. The molecular weight excluding hydrogens is 465 g/mol. The van der Waals surface area contributed by atoms with Crippen LogP contribution in [0.1, 0.15) is 21.7 Å². The van der Waals surface area contributed by atoms with Crippen molar-refractivity contribution in [3.63, 3.8) is 0 Å². The molecule has 7 nitrogen and oxygen atoms in total. The molecule has 0 radical (unpaired) electrons. The van der Waals surface area contributed by atoms with Gasteiger partial charge in [-0.05, 0) is 23.8 Å². The minimum absolute atomic E-state index is 0.0168. The third kappa shape index (κ3) is 5.15. The number of carbonyl (C=O) groups excluding carboxylic acids is 1. The van der Waals surface area contributed by atoms with Crippen LogP contribution in [0.15, 0.2) is 71.1 Å². The van der Waals surface area contributed by atoms with Gasteiger partial charge in [0.1, 0.15) is 5.69 Å². The van der Waals surface area contributed by atoms with Crippen LogP contribution < -0.4 is 10.3 Å². The first kappa shape index (κ1) is 23.2. The zero-order chi connectivity index (χ0) is 24.3. The molecule has 0 bridgehead atoms. The van der Waals surface area contributed by atoms with E-state index in [0.717, 1.165) is 33.3 Å². The maximum absolute atomic E-state index is 13.3. The van der Waals surface area contributed by atoms with E-state index in [-0.39, 0.29) is 16.5 Å². The molecule has 2 aromatic heterocycles. The van der Waals surface area contributed by atoms with Crippen LogP contribution in [0, 0.1) is 0 Å². The van der Waals surface area contributed by atoms with E-state index in [1.54, 1.807) is 30.3 Å². The predicted molar refractivity (Wildman–Crippen MR) is 126 cm³/mol. The average Bonchev–Trinajstić information content (AvgIpc) is 3.47. The highest BCUT2D eigenvalue weighted by Crippen LogP contribution is 2.33. The Morgan fingerprint density at radius 2 is 1.82 bits per heavy atom. The molecular formula is C23H19F3N6OS. The van der Waals surface area contributed by atoms with Crippen molar-refractivity contribution >= 4 is 29.1 Å². The maximum Gasteiger partial charge on any atom is 0.435 e. The number of halogens is 3. The first-order valence-electron chi connectivity index (χ1n) is 10.0. The van der Waals surface area contributed by atoms with Gasteiger partial charge in [0, 0.05) is 30.7 Å². The molecule has 0 saturated carbocycles. The summed E-state index contributed by atoms with van der Waals surface area (Å²) in [5, 5.41) is 9.20. The van der Waals surface area contributed by atoms with Gasteiger partial charge in [0.2, 0.25) is 5.13 Å².